The van der Waals surface area contributed by atoms with Crippen LogP contribution < -0.4 is 15.2 Å². The lowest BCUT2D eigenvalue weighted by molar-refractivity contribution is 0.207. The molecule has 3 N–H and O–H groups in total. The fraction of sp³-hybridized carbons (Fsp3) is 0.190. The van der Waals surface area contributed by atoms with Crippen LogP contribution in [0.15, 0.2) is 51.8 Å². The number of carbonyl (C=O) groups is 1. The zero-order valence-electron chi connectivity index (χ0n) is 18.1. The van der Waals surface area contributed by atoms with Crippen molar-refractivity contribution < 1.29 is 14.1 Å². The first kappa shape index (κ1) is 22.6. The van der Waals surface area contributed by atoms with E-state index in [0.717, 1.165) is 11.9 Å². The molecule has 35 heavy (non-hydrogen) atoms. The molecule has 0 fully saturated rings. The molecule has 4 aromatic heterocycles. The van der Waals surface area contributed by atoms with Crippen molar-refractivity contribution in [2.45, 2.75) is 19.3 Å². The number of rotatable bonds is 8. The summed E-state index contributed by atoms with van der Waals surface area (Å²) in [5.41, 5.74) is 1.14. The fourth-order valence-corrected chi connectivity index (χ4v) is 4.44. The summed E-state index contributed by atoms with van der Waals surface area (Å²) in [4.78, 5) is 34.3. The van der Waals surface area contributed by atoms with Crippen molar-refractivity contribution in [2.24, 2.45) is 0 Å². The number of hydrogen-bond acceptors (Lipinski definition) is 10. The third-order valence-corrected chi connectivity index (χ3v) is 6.20. The summed E-state index contributed by atoms with van der Waals surface area (Å²) >= 11 is 6.54. The summed E-state index contributed by atoms with van der Waals surface area (Å²) in [5, 5.41) is 16.1. The minimum Gasteiger partial charge on any atom is -0.410 e. The summed E-state index contributed by atoms with van der Waals surface area (Å²) in [7, 11) is 0. The van der Waals surface area contributed by atoms with Gasteiger partial charge in [0.05, 0.1) is 11.6 Å². The summed E-state index contributed by atoms with van der Waals surface area (Å²) < 4.78 is 11.3. The van der Waals surface area contributed by atoms with Crippen LogP contribution in [-0.4, -0.2) is 48.4 Å². The molecule has 0 aliphatic heterocycles. The fourth-order valence-electron chi connectivity index (χ4n) is 3.39. The SMILES string of the molecule is O=C(Oc1ccc(-c2cc(=O)[nH]o2)cc1)N(CCCCc1nn[nH]n1)c1ccc2[nH]c(=S)sc2n1. The van der Waals surface area contributed by atoms with Crippen LogP contribution in [0, 0.1) is 3.95 Å². The van der Waals surface area contributed by atoms with E-state index in [1.54, 1.807) is 30.3 Å². The highest BCUT2D eigenvalue weighted by Gasteiger charge is 2.20. The quantitative estimate of drug-likeness (QED) is 0.208. The molecule has 0 radical (unpaired) electrons. The number of nitrogens with one attached hydrogen (secondary N) is 3. The third kappa shape index (κ3) is 5.33. The molecular formula is C21H18N8O4S2. The van der Waals surface area contributed by atoms with Crippen molar-refractivity contribution in [3.63, 3.8) is 0 Å². The number of anilines is 1. The Kier molecular flexibility index (Phi) is 6.45. The molecule has 0 spiro atoms. The zero-order valence-corrected chi connectivity index (χ0v) is 19.7. The molecule has 4 heterocycles. The summed E-state index contributed by atoms with van der Waals surface area (Å²) in [6, 6.07) is 11.6. The van der Waals surface area contributed by atoms with Crippen LogP contribution in [0.4, 0.5) is 10.6 Å². The summed E-state index contributed by atoms with van der Waals surface area (Å²) in [6.45, 7) is 0.373. The molecule has 14 heteroatoms. The van der Waals surface area contributed by atoms with Gasteiger partial charge in [-0.25, -0.2) is 9.78 Å². The van der Waals surface area contributed by atoms with E-state index < -0.39 is 6.09 Å². The second-order valence-corrected chi connectivity index (χ2v) is 9.11. The molecule has 178 valence electrons. The number of aromatic nitrogens is 7. The van der Waals surface area contributed by atoms with Crippen molar-refractivity contribution in [1.82, 2.24) is 35.7 Å². The lowest BCUT2D eigenvalue weighted by atomic mass is 10.2. The molecule has 1 aromatic carbocycles. The molecule has 5 rings (SSSR count). The first-order valence-corrected chi connectivity index (χ1v) is 11.8. The van der Waals surface area contributed by atoms with Crippen LogP contribution >= 0.6 is 23.6 Å². The van der Waals surface area contributed by atoms with E-state index in [1.165, 1.54) is 22.3 Å². The van der Waals surface area contributed by atoms with Crippen molar-refractivity contribution in [3.05, 3.63) is 62.6 Å². The molecular weight excluding hydrogens is 492 g/mol. The van der Waals surface area contributed by atoms with Crippen LogP contribution in [0.1, 0.15) is 18.7 Å². The highest BCUT2D eigenvalue weighted by atomic mass is 32.1. The predicted octanol–water partition coefficient (Wildman–Crippen LogP) is 3.84. The number of aryl methyl sites for hydroxylation is 1. The molecule has 0 saturated heterocycles. The Morgan fingerprint density at radius 2 is 2.03 bits per heavy atom. The second-order valence-electron chi connectivity index (χ2n) is 7.44. The lowest BCUT2D eigenvalue weighted by Gasteiger charge is -2.21. The van der Waals surface area contributed by atoms with E-state index in [4.69, 9.17) is 21.5 Å². The Bertz CT molecular complexity index is 1550. The molecule has 12 nitrogen and oxygen atoms in total. The minimum absolute atomic E-state index is 0.332. The molecule has 0 saturated carbocycles. The highest BCUT2D eigenvalue weighted by Crippen LogP contribution is 2.25. The van der Waals surface area contributed by atoms with Gasteiger partial charge in [0.2, 0.25) is 0 Å². The van der Waals surface area contributed by atoms with Crippen LogP contribution in [0.5, 0.6) is 5.75 Å². The van der Waals surface area contributed by atoms with Gasteiger partial charge in [0, 0.05) is 18.5 Å². The monoisotopic (exact) mass is 510 g/mol. The number of tetrazole rings is 1. The van der Waals surface area contributed by atoms with Crippen LogP contribution in [0.3, 0.4) is 0 Å². The number of benzene rings is 1. The number of unbranched alkanes of at least 4 members (excludes halogenated alkanes) is 1. The molecule has 0 atom stereocenters. The number of ether oxygens (including phenoxy) is 1. The molecule has 0 unspecified atom stereocenters. The van der Waals surface area contributed by atoms with Gasteiger partial charge in [-0.1, -0.05) is 16.6 Å². The smallest absolute Gasteiger partial charge is 0.410 e. The number of hydrogen-bond donors (Lipinski definition) is 3. The number of carbonyl (C=O) groups excluding carboxylic acids is 1. The maximum atomic E-state index is 13.2. The minimum atomic E-state index is -0.573. The van der Waals surface area contributed by atoms with Crippen molar-refractivity contribution >= 4 is 45.8 Å². The number of thiazole rings is 1. The van der Waals surface area contributed by atoms with E-state index in [9.17, 15) is 9.59 Å². The Morgan fingerprint density at radius 1 is 1.17 bits per heavy atom. The standard InChI is InChI=1S/C21H18N8O4S2/c30-18-11-15(33-26-18)12-4-6-13(7-5-12)32-21(31)29(10-2-1-3-16-24-27-28-25-16)17-9-8-14-19(23-17)35-20(34)22-14/h4-9,11H,1-3,10H2,(H,22,34)(H,26,30)(H,24,25,27,28). The van der Waals surface area contributed by atoms with Gasteiger partial charge < -0.3 is 14.2 Å². The van der Waals surface area contributed by atoms with Crippen LogP contribution in [0.25, 0.3) is 21.7 Å². The molecule has 0 aliphatic carbocycles. The van der Waals surface area contributed by atoms with Crippen molar-refractivity contribution in [2.75, 3.05) is 11.4 Å². The molecule has 0 aliphatic rings. The van der Waals surface area contributed by atoms with Crippen LogP contribution in [-0.2, 0) is 6.42 Å². The first-order valence-electron chi connectivity index (χ1n) is 10.6. The lowest BCUT2D eigenvalue weighted by Crippen LogP contribution is -2.35. The largest absolute Gasteiger partial charge is 0.420 e. The van der Waals surface area contributed by atoms with Crippen molar-refractivity contribution in [1.29, 1.82) is 0 Å². The van der Waals surface area contributed by atoms with E-state index in [2.05, 4.69) is 35.7 Å². The first-order chi connectivity index (χ1) is 17.0. The average molecular weight is 511 g/mol. The van der Waals surface area contributed by atoms with Gasteiger partial charge in [0.15, 0.2) is 15.5 Å². The van der Waals surface area contributed by atoms with Gasteiger partial charge >= 0.3 is 6.09 Å². The topological polar surface area (TPSA) is 159 Å². The highest BCUT2D eigenvalue weighted by molar-refractivity contribution is 7.73. The Morgan fingerprint density at radius 3 is 2.77 bits per heavy atom. The van der Waals surface area contributed by atoms with Gasteiger partial charge in [0.25, 0.3) is 5.56 Å². The van der Waals surface area contributed by atoms with Gasteiger partial charge in [-0.2, -0.15) is 10.4 Å². The van der Waals surface area contributed by atoms with E-state index in [0.29, 0.717) is 56.9 Å². The average Bonchev–Trinajstić information content (AvgIpc) is 3.60. The van der Waals surface area contributed by atoms with Gasteiger partial charge in [-0.15, -0.1) is 10.2 Å². The summed E-state index contributed by atoms with van der Waals surface area (Å²) in [5.74, 6) is 1.80. The Labute approximate surface area is 205 Å². The molecule has 0 bridgehead atoms. The summed E-state index contributed by atoms with van der Waals surface area (Å²) in [6.07, 6.45) is 1.46. The Balaban J connectivity index is 1.32. The molecule has 1 amide bonds. The van der Waals surface area contributed by atoms with E-state index >= 15 is 0 Å². The van der Waals surface area contributed by atoms with Gasteiger partial charge in [0.1, 0.15) is 16.4 Å². The number of H-pyrrole nitrogens is 3. The number of aromatic amines is 3. The van der Waals surface area contributed by atoms with Crippen LogP contribution in [0.2, 0.25) is 0 Å². The third-order valence-electron chi connectivity index (χ3n) is 5.06. The number of fused-ring (bicyclic) bond motifs is 1. The maximum Gasteiger partial charge on any atom is 0.420 e. The normalized spacial score (nSPS) is 11.1. The molecule has 5 aromatic rings. The van der Waals surface area contributed by atoms with Gasteiger partial charge in [-0.05, 0) is 61.5 Å². The van der Waals surface area contributed by atoms with Gasteiger partial charge in [-0.3, -0.25) is 9.69 Å². The maximum absolute atomic E-state index is 13.2. The zero-order chi connectivity index (χ0) is 24.2. The van der Waals surface area contributed by atoms with E-state index in [1.807, 2.05) is 6.07 Å². The van der Waals surface area contributed by atoms with Crippen molar-refractivity contribution in [3.8, 4) is 17.1 Å². The Hall–Kier alpha value is -4.17. The number of pyridine rings is 1. The number of nitrogens with zero attached hydrogens (tertiary/aromatic N) is 5. The second kappa shape index (κ2) is 9.99. The predicted molar refractivity (Wildman–Crippen MR) is 130 cm³/mol. The number of amides is 1. The van der Waals surface area contributed by atoms with E-state index in [-0.39, 0.29) is 5.56 Å².